The number of amides is 1. The molecule has 0 spiro atoms. The van der Waals surface area contributed by atoms with E-state index in [1.807, 2.05) is 6.07 Å². The van der Waals surface area contributed by atoms with E-state index < -0.39 is 11.7 Å². The molecule has 1 amide bonds. The van der Waals surface area contributed by atoms with Crippen LogP contribution in [0.5, 0.6) is 0 Å². The van der Waals surface area contributed by atoms with Crippen LogP contribution in [0.4, 0.5) is 4.39 Å². The van der Waals surface area contributed by atoms with E-state index in [1.54, 1.807) is 23.9 Å². The van der Waals surface area contributed by atoms with E-state index in [2.05, 4.69) is 20.6 Å². The Kier molecular flexibility index (Phi) is 5.75. The molecule has 29 heavy (non-hydrogen) atoms. The molecule has 3 rings (SSSR count). The largest absolute Gasteiger partial charge is 0.346 e. The number of aromatic amines is 1. The monoisotopic (exact) mass is 414 g/mol. The summed E-state index contributed by atoms with van der Waals surface area (Å²) < 4.78 is 16.0. The zero-order valence-corrected chi connectivity index (χ0v) is 16.3. The van der Waals surface area contributed by atoms with Gasteiger partial charge >= 0.3 is 0 Å². The summed E-state index contributed by atoms with van der Waals surface area (Å²) >= 11 is 5.87. The minimum Gasteiger partial charge on any atom is -0.346 e. The van der Waals surface area contributed by atoms with Crippen molar-refractivity contribution in [2.24, 2.45) is 0 Å². The summed E-state index contributed by atoms with van der Waals surface area (Å²) in [6.45, 7) is 3.46. The standard InChI is InChI=1S/C19H16ClFN6O2/c1-10(23-19(29)16-7-15(11(2)28)24-25-16)9-27-6-5-14(26-27)13-4-3-12(8-22)17(20)18(13)21/h3-7,10H,9H2,1-2H3,(H,23,29)(H,24,25)/t10-/m0/s1. The van der Waals surface area contributed by atoms with E-state index in [4.69, 9.17) is 16.9 Å². The molecule has 0 bridgehead atoms. The first-order chi connectivity index (χ1) is 13.8. The lowest BCUT2D eigenvalue weighted by atomic mass is 10.1. The molecule has 148 valence electrons. The maximum Gasteiger partial charge on any atom is 0.269 e. The molecule has 8 nitrogen and oxygen atoms in total. The highest BCUT2D eigenvalue weighted by Gasteiger charge is 2.17. The summed E-state index contributed by atoms with van der Waals surface area (Å²) in [5.41, 5.74) is 0.946. The number of halogens is 2. The molecule has 10 heteroatoms. The Hall–Kier alpha value is -3.51. The van der Waals surface area contributed by atoms with E-state index in [1.165, 1.54) is 25.1 Å². The SMILES string of the molecule is CC(=O)c1cc(C(=O)N[C@@H](C)Cn2ccc(-c3ccc(C#N)c(Cl)c3F)n2)[nH]n1. The van der Waals surface area contributed by atoms with Gasteiger partial charge in [-0.05, 0) is 31.2 Å². The van der Waals surface area contributed by atoms with Crippen molar-refractivity contribution in [3.63, 3.8) is 0 Å². The third-order valence-corrected chi connectivity index (χ3v) is 4.51. The minimum absolute atomic E-state index is 0.0513. The predicted molar refractivity (Wildman–Crippen MR) is 103 cm³/mol. The quantitative estimate of drug-likeness (QED) is 0.601. The molecule has 0 fully saturated rings. The fourth-order valence-electron chi connectivity index (χ4n) is 2.69. The number of carbonyl (C=O) groups excluding carboxylic acids is 2. The van der Waals surface area contributed by atoms with Crippen molar-refractivity contribution < 1.29 is 14.0 Å². The van der Waals surface area contributed by atoms with Crippen LogP contribution in [0.15, 0.2) is 30.5 Å². The lowest BCUT2D eigenvalue weighted by molar-refractivity contribution is 0.0930. The van der Waals surface area contributed by atoms with Gasteiger partial charge in [0.1, 0.15) is 17.5 Å². The van der Waals surface area contributed by atoms with Crippen molar-refractivity contribution in [1.82, 2.24) is 25.3 Å². The van der Waals surface area contributed by atoms with Crippen molar-refractivity contribution in [2.45, 2.75) is 26.4 Å². The van der Waals surface area contributed by atoms with Crippen LogP contribution in [0.3, 0.4) is 0 Å². The highest BCUT2D eigenvalue weighted by Crippen LogP contribution is 2.29. The number of rotatable bonds is 6. The lowest BCUT2D eigenvalue weighted by Crippen LogP contribution is -2.36. The van der Waals surface area contributed by atoms with Crippen LogP contribution < -0.4 is 5.32 Å². The van der Waals surface area contributed by atoms with Gasteiger partial charge in [0, 0.05) is 24.7 Å². The molecule has 0 unspecified atom stereocenters. The zero-order chi connectivity index (χ0) is 21.1. The van der Waals surface area contributed by atoms with Crippen molar-refractivity contribution in [1.29, 1.82) is 5.26 Å². The second-order valence-corrected chi connectivity index (χ2v) is 6.80. The van der Waals surface area contributed by atoms with E-state index in [0.717, 1.165) is 0 Å². The zero-order valence-electron chi connectivity index (χ0n) is 15.5. The maximum absolute atomic E-state index is 14.4. The normalized spacial score (nSPS) is 11.7. The summed E-state index contributed by atoms with van der Waals surface area (Å²) in [6, 6.07) is 7.39. The van der Waals surface area contributed by atoms with Gasteiger partial charge in [-0.15, -0.1) is 0 Å². The number of nitrogens with zero attached hydrogens (tertiary/aromatic N) is 4. The number of carbonyl (C=O) groups is 2. The van der Waals surface area contributed by atoms with Gasteiger partial charge in [-0.2, -0.15) is 15.5 Å². The number of nitrogens with one attached hydrogen (secondary N) is 2. The molecule has 0 aliphatic rings. The molecular weight excluding hydrogens is 399 g/mol. The summed E-state index contributed by atoms with van der Waals surface area (Å²) in [5.74, 6) is -1.36. The Balaban J connectivity index is 1.68. The molecule has 0 aliphatic carbocycles. The van der Waals surface area contributed by atoms with Crippen LogP contribution in [0.2, 0.25) is 5.02 Å². The third kappa shape index (κ3) is 4.33. The number of Topliss-reactive ketones (excluding diaryl/α,β-unsaturated/α-hetero) is 1. The number of hydrogen-bond acceptors (Lipinski definition) is 5. The van der Waals surface area contributed by atoms with Crippen LogP contribution in [0.25, 0.3) is 11.3 Å². The van der Waals surface area contributed by atoms with E-state index in [0.29, 0.717) is 12.2 Å². The van der Waals surface area contributed by atoms with E-state index in [-0.39, 0.29) is 39.4 Å². The topological polar surface area (TPSA) is 116 Å². The van der Waals surface area contributed by atoms with Gasteiger partial charge in [0.05, 0.1) is 22.8 Å². The Morgan fingerprint density at radius 3 is 2.83 bits per heavy atom. The van der Waals surface area contributed by atoms with Crippen LogP contribution in [0, 0.1) is 17.1 Å². The Morgan fingerprint density at radius 1 is 1.41 bits per heavy atom. The smallest absolute Gasteiger partial charge is 0.269 e. The highest BCUT2D eigenvalue weighted by molar-refractivity contribution is 6.32. The summed E-state index contributed by atoms with van der Waals surface area (Å²) in [5, 5.41) is 22.0. The van der Waals surface area contributed by atoms with Gasteiger partial charge in [0.15, 0.2) is 11.6 Å². The minimum atomic E-state index is -0.710. The van der Waals surface area contributed by atoms with Crippen molar-refractivity contribution in [3.05, 3.63) is 58.3 Å². The van der Waals surface area contributed by atoms with Gasteiger partial charge in [0.25, 0.3) is 5.91 Å². The molecule has 2 aromatic heterocycles. The number of nitriles is 1. The molecule has 1 atom stereocenters. The number of H-pyrrole nitrogens is 1. The molecule has 0 saturated carbocycles. The highest BCUT2D eigenvalue weighted by atomic mass is 35.5. The summed E-state index contributed by atoms with van der Waals surface area (Å²) in [4.78, 5) is 23.5. The van der Waals surface area contributed by atoms with Crippen molar-refractivity contribution in [2.75, 3.05) is 0 Å². The Bertz CT molecular complexity index is 1130. The number of hydrogen-bond donors (Lipinski definition) is 2. The molecule has 3 aromatic rings. The molecule has 0 aliphatic heterocycles. The number of benzene rings is 1. The van der Waals surface area contributed by atoms with Crippen LogP contribution in [0.1, 0.15) is 40.4 Å². The molecule has 0 radical (unpaired) electrons. The van der Waals surface area contributed by atoms with Gasteiger partial charge in [-0.3, -0.25) is 19.4 Å². The Morgan fingerprint density at radius 2 is 2.17 bits per heavy atom. The average Bonchev–Trinajstić information content (AvgIpc) is 3.33. The predicted octanol–water partition coefficient (Wildman–Crippen LogP) is 2.96. The number of ketones is 1. The molecule has 1 aromatic carbocycles. The van der Waals surface area contributed by atoms with Crippen LogP contribution >= 0.6 is 11.6 Å². The Labute approximate surface area is 170 Å². The molecular formula is C19H16ClFN6O2. The van der Waals surface area contributed by atoms with Crippen molar-refractivity contribution >= 4 is 23.3 Å². The second kappa shape index (κ2) is 8.24. The fourth-order valence-corrected chi connectivity index (χ4v) is 2.89. The maximum atomic E-state index is 14.4. The second-order valence-electron chi connectivity index (χ2n) is 6.42. The first-order valence-corrected chi connectivity index (χ1v) is 8.97. The average molecular weight is 415 g/mol. The third-order valence-electron chi connectivity index (χ3n) is 4.14. The van der Waals surface area contributed by atoms with Crippen molar-refractivity contribution in [3.8, 4) is 17.3 Å². The van der Waals surface area contributed by atoms with Gasteiger partial charge < -0.3 is 5.32 Å². The molecule has 2 N–H and O–H groups in total. The number of aromatic nitrogens is 4. The van der Waals surface area contributed by atoms with Crippen LogP contribution in [-0.2, 0) is 6.54 Å². The van der Waals surface area contributed by atoms with Gasteiger partial charge in [-0.1, -0.05) is 11.6 Å². The van der Waals surface area contributed by atoms with Crippen LogP contribution in [-0.4, -0.2) is 37.7 Å². The molecule has 0 saturated heterocycles. The summed E-state index contributed by atoms with van der Waals surface area (Å²) in [6.07, 6.45) is 1.65. The van der Waals surface area contributed by atoms with Gasteiger partial charge in [0.2, 0.25) is 0 Å². The van der Waals surface area contributed by atoms with Gasteiger partial charge in [-0.25, -0.2) is 4.39 Å². The van der Waals surface area contributed by atoms with E-state index in [9.17, 15) is 14.0 Å². The lowest BCUT2D eigenvalue weighted by Gasteiger charge is -2.13. The van der Waals surface area contributed by atoms with E-state index >= 15 is 0 Å². The first-order valence-electron chi connectivity index (χ1n) is 8.59. The molecule has 2 heterocycles. The first kappa shape index (κ1) is 20.2. The fraction of sp³-hybridized carbons (Fsp3) is 0.211. The summed E-state index contributed by atoms with van der Waals surface area (Å²) in [7, 11) is 0.